The third-order valence-corrected chi connectivity index (χ3v) is 5.79. The van der Waals surface area contributed by atoms with E-state index in [2.05, 4.69) is 27.9 Å². The van der Waals surface area contributed by atoms with Gasteiger partial charge in [0.15, 0.2) is 5.82 Å². The van der Waals surface area contributed by atoms with Crippen LogP contribution in [0.3, 0.4) is 0 Å². The van der Waals surface area contributed by atoms with Gasteiger partial charge in [0.25, 0.3) is 0 Å². The standard InChI is InChI=1S/C23H34N8O/c1-4-18-20-21(31(30-18)13-14-32-5-2)22(27-19-8-6-7-16(3)26-19)29-23(28-20)25-15-17-9-11-24-12-10-17/h6-8,17,24H,4-5,9-15H2,1-3H3,(H2,25,26,27,28,29). The molecule has 4 heterocycles. The predicted molar refractivity (Wildman–Crippen MR) is 128 cm³/mol. The molecule has 9 heteroatoms. The predicted octanol–water partition coefficient (Wildman–Crippen LogP) is 3.28. The van der Waals surface area contributed by atoms with Gasteiger partial charge in [0.2, 0.25) is 5.95 Å². The van der Waals surface area contributed by atoms with E-state index in [0.717, 1.165) is 54.3 Å². The number of pyridine rings is 1. The maximum Gasteiger partial charge on any atom is 0.225 e. The van der Waals surface area contributed by atoms with Crippen molar-refractivity contribution in [2.75, 3.05) is 43.5 Å². The first kappa shape index (κ1) is 22.4. The fourth-order valence-electron chi connectivity index (χ4n) is 4.06. The van der Waals surface area contributed by atoms with Gasteiger partial charge in [-0.2, -0.15) is 10.1 Å². The fourth-order valence-corrected chi connectivity index (χ4v) is 4.06. The van der Waals surface area contributed by atoms with Crippen LogP contribution in [-0.2, 0) is 17.7 Å². The highest BCUT2D eigenvalue weighted by Gasteiger charge is 2.20. The molecule has 32 heavy (non-hydrogen) atoms. The number of nitrogens with one attached hydrogen (secondary N) is 3. The van der Waals surface area contributed by atoms with Gasteiger partial charge in [0.1, 0.15) is 16.9 Å². The number of fused-ring (bicyclic) bond motifs is 1. The molecule has 3 N–H and O–H groups in total. The van der Waals surface area contributed by atoms with Crippen LogP contribution in [0.4, 0.5) is 17.6 Å². The summed E-state index contributed by atoms with van der Waals surface area (Å²) in [5.41, 5.74) is 3.67. The van der Waals surface area contributed by atoms with E-state index in [1.54, 1.807) is 0 Å². The van der Waals surface area contributed by atoms with Gasteiger partial charge < -0.3 is 20.7 Å². The minimum atomic E-state index is 0.592. The molecule has 0 aliphatic carbocycles. The molecule has 3 aromatic rings. The van der Waals surface area contributed by atoms with Gasteiger partial charge in [0, 0.05) is 18.8 Å². The highest BCUT2D eigenvalue weighted by atomic mass is 16.5. The fraction of sp³-hybridized carbons (Fsp3) is 0.565. The average molecular weight is 439 g/mol. The Bertz CT molecular complexity index is 1030. The zero-order chi connectivity index (χ0) is 22.3. The van der Waals surface area contributed by atoms with Gasteiger partial charge >= 0.3 is 0 Å². The number of aromatic nitrogens is 5. The lowest BCUT2D eigenvalue weighted by Gasteiger charge is -2.22. The molecule has 0 spiro atoms. The van der Waals surface area contributed by atoms with Gasteiger partial charge in [0.05, 0.1) is 18.8 Å². The van der Waals surface area contributed by atoms with Crippen LogP contribution in [0.25, 0.3) is 11.0 Å². The number of nitrogens with zero attached hydrogens (tertiary/aromatic N) is 5. The Morgan fingerprint density at radius 1 is 1.16 bits per heavy atom. The molecule has 172 valence electrons. The maximum atomic E-state index is 5.58. The van der Waals surface area contributed by atoms with Crippen molar-refractivity contribution < 1.29 is 4.74 Å². The molecule has 0 unspecified atom stereocenters. The van der Waals surface area contributed by atoms with E-state index in [-0.39, 0.29) is 0 Å². The molecule has 1 fully saturated rings. The summed E-state index contributed by atoms with van der Waals surface area (Å²) in [4.78, 5) is 14.3. The first-order valence-corrected chi connectivity index (χ1v) is 11.7. The third-order valence-electron chi connectivity index (χ3n) is 5.79. The summed E-state index contributed by atoms with van der Waals surface area (Å²) in [6.45, 7) is 11.0. The number of aryl methyl sites for hydroxylation is 2. The molecule has 4 rings (SSSR count). The number of hydrogen-bond acceptors (Lipinski definition) is 8. The highest BCUT2D eigenvalue weighted by Crippen LogP contribution is 2.28. The second-order valence-electron chi connectivity index (χ2n) is 8.18. The number of rotatable bonds is 10. The molecule has 9 nitrogen and oxygen atoms in total. The molecular formula is C23H34N8O. The van der Waals surface area contributed by atoms with Crippen LogP contribution in [0.15, 0.2) is 18.2 Å². The molecule has 0 saturated carbocycles. The van der Waals surface area contributed by atoms with Gasteiger partial charge in [-0.15, -0.1) is 0 Å². The van der Waals surface area contributed by atoms with Crippen molar-refractivity contribution in [1.82, 2.24) is 30.0 Å². The molecule has 0 bridgehead atoms. The summed E-state index contributed by atoms with van der Waals surface area (Å²) in [7, 11) is 0. The van der Waals surface area contributed by atoms with Crippen LogP contribution < -0.4 is 16.0 Å². The number of ether oxygens (including phenoxy) is 1. The van der Waals surface area contributed by atoms with Crippen LogP contribution in [-0.4, -0.2) is 57.6 Å². The molecule has 0 atom stereocenters. The van der Waals surface area contributed by atoms with Crippen molar-refractivity contribution in [2.24, 2.45) is 5.92 Å². The Hall–Kier alpha value is -2.78. The Morgan fingerprint density at radius 3 is 2.75 bits per heavy atom. The SMILES string of the molecule is CCOCCn1nc(CC)c2nc(NCC3CCNCC3)nc(Nc3cccc(C)n3)c21. The average Bonchev–Trinajstić information content (AvgIpc) is 3.16. The van der Waals surface area contributed by atoms with Gasteiger partial charge in [-0.3, -0.25) is 4.68 Å². The molecule has 1 saturated heterocycles. The monoisotopic (exact) mass is 438 g/mol. The second-order valence-corrected chi connectivity index (χ2v) is 8.18. The number of anilines is 3. The number of hydrogen-bond donors (Lipinski definition) is 3. The van der Waals surface area contributed by atoms with Crippen molar-refractivity contribution in [1.29, 1.82) is 0 Å². The summed E-state index contributed by atoms with van der Waals surface area (Å²) in [5.74, 6) is 2.73. The van der Waals surface area contributed by atoms with Crippen molar-refractivity contribution >= 4 is 28.6 Å². The zero-order valence-electron chi connectivity index (χ0n) is 19.3. The Balaban J connectivity index is 1.69. The van der Waals surface area contributed by atoms with E-state index in [4.69, 9.17) is 19.8 Å². The Labute approximate surface area is 189 Å². The van der Waals surface area contributed by atoms with Crippen LogP contribution in [0.5, 0.6) is 0 Å². The molecule has 1 aliphatic heterocycles. The van der Waals surface area contributed by atoms with Gasteiger partial charge in [-0.1, -0.05) is 13.0 Å². The lowest BCUT2D eigenvalue weighted by Crippen LogP contribution is -2.31. The summed E-state index contributed by atoms with van der Waals surface area (Å²) in [6, 6.07) is 5.92. The van der Waals surface area contributed by atoms with Crippen molar-refractivity contribution in [3.8, 4) is 0 Å². The molecule has 0 radical (unpaired) electrons. The smallest absolute Gasteiger partial charge is 0.225 e. The summed E-state index contributed by atoms with van der Waals surface area (Å²) < 4.78 is 7.54. The summed E-state index contributed by atoms with van der Waals surface area (Å²) in [5, 5.41) is 15.2. The van der Waals surface area contributed by atoms with Gasteiger partial charge in [-0.25, -0.2) is 9.97 Å². The summed E-state index contributed by atoms with van der Waals surface area (Å²) >= 11 is 0. The van der Waals surface area contributed by atoms with Crippen LogP contribution in [0.2, 0.25) is 0 Å². The lowest BCUT2D eigenvalue weighted by atomic mass is 9.98. The first-order valence-electron chi connectivity index (χ1n) is 11.7. The third kappa shape index (κ3) is 5.34. The zero-order valence-corrected chi connectivity index (χ0v) is 19.3. The molecule has 0 amide bonds. The Kier molecular flexibility index (Phi) is 7.49. The Morgan fingerprint density at radius 2 is 2.00 bits per heavy atom. The highest BCUT2D eigenvalue weighted by molar-refractivity contribution is 5.90. The van der Waals surface area contributed by atoms with E-state index in [9.17, 15) is 0 Å². The summed E-state index contributed by atoms with van der Waals surface area (Å²) in [6.07, 6.45) is 3.14. The van der Waals surface area contributed by atoms with Gasteiger partial charge in [-0.05, 0) is 64.3 Å². The topological polar surface area (TPSA) is 102 Å². The molecular weight excluding hydrogens is 404 g/mol. The van der Waals surface area contributed by atoms with E-state index >= 15 is 0 Å². The van der Waals surface area contributed by atoms with E-state index < -0.39 is 0 Å². The van der Waals surface area contributed by atoms with Crippen molar-refractivity contribution in [3.63, 3.8) is 0 Å². The van der Waals surface area contributed by atoms with E-state index in [1.165, 1.54) is 12.8 Å². The minimum absolute atomic E-state index is 0.592. The van der Waals surface area contributed by atoms with E-state index in [1.807, 2.05) is 36.7 Å². The maximum absolute atomic E-state index is 5.58. The van der Waals surface area contributed by atoms with Crippen molar-refractivity contribution in [2.45, 2.75) is 46.6 Å². The van der Waals surface area contributed by atoms with Crippen LogP contribution in [0.1, 0.15) is 38.1 Å². The molecule has 1 aliphatic rings. The van der Waals surface area contributed by atoms with Crippen LogP contribution in [0, 0.1) is 12.8 Å². The molecule has 3 aromatic heterocycles. The van der Waals surface area contributed by atoms with E-state index in [0.29, 0.717) is 37.4 Å². The first-order chi connectivity index (χ1) is 15.7. The normalized spacial score (nSPS) is 14.7. The minimum Gasteiger partial charge on any atom is -0.380 e. The number of piperidine rings is 1. The largest absolute Gasteiger partial charge is 0.380 e. The van der Waals surface area contributed by atoms with Crippen LogP contribution >= 0.6 is 0 Å². The molecule has 0 aromatic carbocycles. The quantitative estimate of drug-likeness (QED) is 0.415. The second kappa shape index (κ2) is 10.7. The van der Waals surface area contributed by atoms with Crippen molar-refractivity contribution in [3.05, 3.63) is 29.6 Å². The lowest BCUT2D eigenvalue weighted by molar-refractivity contribution is 0.137.